The molecular weight excluding hydrogens is 661 g/mol. The minimum Gasteiger partial charge on any atom is -0.0842 e. The summed E-state index contributed by atoms with van der Waals surface area (Å²) in [6.45, 7) is 4.65. The van der Waals surface area contributed by atoms with Crippen molar-refractivity contribution < 1.29 is 0 Å². The normalized spacial score (nSPS) is 16.6. The molecule has 0 aromatic heterocycles. The molecular formula is C55H46. The smallest absolute Gasteiger partial charge is 0.00259 e. The second-order valence-electron chi connectivity index (χ2n) is 16.4. The quantitative estimate of drug-likeness (QED) is 0.160. The van der Waals surface area contributed by atoms with E-state index in [2.05, 4.69) is 147 Å². The molecule has 0 radical (unpaired) electrons. The van der Waals surface area contributed by atoms with Crippen LogP contribution in [0, 0.1) is 0 Å². The number of benzene rings is 7. The van der Waals surface area contributed by atoms with Crippen molar-refractivity contribution in [2.24, 2.45) is 0 Å². The lowest BCUT2D eigenvalue weighted by Crippen LogP contribution is -2.14. The fourth-order valence-electron chi connectivity index (χ4n) is 10.7. The van der Waals surface area contributed by atoms with Crippen molar-refractivity contribution in [3.8, 4) is 44.5 Å². The Kier molecular flexibility index (Phi) is 7.70. The Morgan fingerprint density at radius 1 is 0.418 bits per heavy atom. The lowest BCUT2D eigenvalue weighted by molar-refractivity contribution is 0.877. The highest BCUT2D eigenvalue weighted by atomic mass is 14.3. The first kappa shape index (κ1) is 32.7. The predicted molar refractivity (Wildman–Crippen MR) is 235 cm³/mol. The van der Waals surface area contributed by atoms with Crippen LogP contribution in [-0.2, 0) is 44.9 Å². The largest absolute Gasteiger partial charge is 0.0842 e. The van der Waals surface area contributed by atoms with E-state index in [0.717, 1.165) is 57.8 Å². The van der Waals surface area contributed by atoms with E-state index in [-0.39, 0.29) is 0 Å². The molecule has 0 atom stereocenters. The Labute approximate surface area is 325 Å². The summed E-state index contributed by atoms with van der Waals surface area (Å²) in [4.78, 5) is 0. The molecule has 0 heterocycles. The molecule has 0 nitrogen and oxygen atoms in total. The van der Waals surface area contributed by atoms with E-state index in [0.29, 0.717) is 0 Å². The molecule has 4 aliphatic carbocycles. The van der Waals surface area contributed by atoms with E-state index in [9.17, 15) is 0 Å². The van der Waals surface area contributed by atoms with Crippen LogP contribution in [0.3, 0.4) is 0 Å². The van der Waals surface area contributed by atoms with Gasteiger partial charge in [-0.15, -0.1) is 0 Å². The van der Waals surface area contributed by atoms with E-state index >= 15 is 0 Å². The maximum Gasteiger partial charge on any atom is -0.00259 e. The van der Waals surface area contributed by atoms with Gasteiger partial charge in [-0.25, -0.2) is 0 Å². The molecule has 0 amide bonds. The van der Waals surface area contributed by atoms with Gasteiger partial charge in [0.2, 0.25) is 0 Å². The zero-order valence-electron chi connectivity index (χ0n) is 32.1. The van der Waals surface area contributed by atoms with Gasteiger partial charge in [0.15, 0.2) is 0 Å². The molecule has 0 saturated carbocycles. The number of fused-ring (bicyclic) bond motifs is 2. The topological polar surface area (TPSA) is 0 Å². The first-order chi connectivity index (χ1) is 27.1. The molecule has 0 fully saturated rings. The van der Waals surface area contributed by atoms with E-state index in [1.807, 2.05) is 0 Å². The maximum atomic E-state index is 2.58. The van der Waals surface area contributed by atoms with Crippen LogP contribution in [0.4, 0.5) is 0 Å². The van der Waals surface area contributed by atoms with Gasteiger partial charge in [0.25, 0.3) is 0 Å². The average molecular weight is 707 g/mol. The Hall–Kier alpha value is -5.72. The third kappa shape index (κ3) is 5.25. The minimum absolute atomic E-state index is 1.02. The molecule has 0 aliphatic heterocycles. The molecule has 0 spiro atoms. The number of aryl methyl sites for hydroxylation is 7. The van der Waals surface area contributed by atoms with Crippen molar-refractivity contribution in [1.29, 1.82) is 0 Å². The van der Waals surface area contributed by atoms with Crippen molar-refractivity contribution >= 4 is 27.1 Å². The molecule has 7 aromatic rings. The molecule has 0 saturated heterocycles. The SMILES string of the molecule is CCc1ccc2c(-c3cc4c5c(c3)CCC(=C5C)/C=C\C=C\CC4)c3cc(-c4ccccc4)ccc3c(-c3cc4c5c(c3)CCc3cccc(c3-5)CC4)c2c1. The van der Waals surface area contributed by atoms with E-state index < -0.39 is 0 Å². The Balaban J connectivity index is 1.23. The van der Waals surface area contributed by atoms with Gasteiger partial charge in [-0.2, -0.15) is 0 Å². The van der Waals surface area contributed by atoms with Crippen LogP contribution in [0.1, 0.15) is 71.2 Å². The zero-order valence-corrected chi connectivity index (χ0v) is 32.1. The summed E-state index contributed by atoms with van der Waals surface area (Å²) in [6.07, 6.45) is 18.9. The van der Waals surface area contributed by atoms with Gasteiger partial charge in [-0.05, 0) is 192 Å². The van der Waals surface area contributed by atoms with Crippen LogP contribution in [-0.4, -0.2) is 0 Å². The molecule has 0 N–H and O–H groups in total. The molecule has 4 aliphatic rings. The maximum absolute atomic E-state index is 2.58. The number of allylic oxidation sites excluding steroid dienone is 6. The molecule has 0 heteroatoms. The van der Waals surface area contributed by atoms with Crippen LogP contribution in [0.2, 0.25) is 0 Å². The molecule has 0 unspecified atom stereocenters. The highest BCUT2D eigenvalue weighted by molar-refractivity contribution is 6.22. The van der Waals surface area contributed by atoms with Crippen molar-refractivity contribution in [2.75, 3.05) is 0 Å². The summed E-state index contributed by atoms with van der Waals surface area (Å²) in [5.41, 5.74) is 26.1. The highest BCUT2D eigenvalue weighted by Gasteiger charge is 2.28. The fourth-order valence-corrected chi connectivity index (χ4v) is 10.7. The van der Waals surface area contributed by atoms with Crippen molar-refractivity contribution in [3.05, 3.63) is 184 Å². The molecule has 266 valence electrons. The summed E-state index contributed by atoms with van der Waals surface area (Å²) < 4.78 is 0. The van der Waals surface area contributed by atoms with Crippen molar-refractivity contribution in [1.82, 2.24) is 0 Å². The number of rotatable bonds is 4. The molecule has 55 heavy (non-hydrogen) atoms. The van der Waals surface area contributed by atoms with Gasteiger partial charge in [-0.3, -0.25) is 0 Å². The average Bonchev–Trinajstić information content (AvgIpc) is 3.23. The number of hydrogen-bond acceptors (Lipinski definition) is 0. The van der Waals surface area contributed by atoms with Gasteiger partial charge in [0, 0.05) is 0 Å². The standard InChI is InChI=1S/C55H46/c1-3-35-18-26-47-49(28-35)54(46-31-43-23-20-38-16-11-17-39-21-24-44(32-46)53(43)52(38)39)48-27-25-40(37-13-9-6-10-14-37)33-50(48)55(47)45-29-41-15-8-5-4-7-12-36-19-22-42(30-45)51(41)34(36)2/h4-7,9-14,16-18,25-33H,3,8,15,19-24H2,1-2H3/b5-4+,12-7-. The van der Waals surface area contributed by atoms with E-state index in [1.54, 1.807) is 5.56 Å². The van der Waals surface area contributed by atoms with Crippen LogP contribution in [0.25, 0.3) is 71.6 Å². The lowest BCUT2D eigenvalue weighted by Gasteiger charge is -2.30. The molecule has 7 aromatic carbocycles. The second kappa shape index (κ2) is 13.0. The van der Waals surface area contributed by atoms with Gasteiger partial charge in [-0.1, -0.05) is 134 Å². The summed E-state index contributed by atoms with van der Waals surface area (Å²) in [5.74, 6) is 0. The van der Waals surface area contributed by atoms with Crippen LogP contribution < -0.4 is 0 Å². The Morgan fingerprint density at radius 3 is 1.73 bits per heavy atom. The van der Waals surface area contributed by atoms with Crippen molar-refractivity contribution in [2.45, 2.75) is 71.6 Å². The fraction of sp³-hybridized carbons (Fsp3) is 0.200. The summed E-state index contributed by atoms with van der Waals surface area (Å²) in [6, 6.07) is 43.0. The zero-order chi connectivity index (χ0) is 36.6. The predicted octanol–water partition coefficient (Wildman–Crippen LogP) is 14.2. The van der Waals surface area contributed by atoms with Gasteiger partial charge in [0.05, 0.1) is 0 Å². The van der Waals surface area contributed by atoms with E-state index in [4.69, 9.17) is 0 Å². The monoisotopic (exact) mass is 706 g/mol. The third-order valence-electron chi connectivity index (χ3n) is 13.3. The first-order valence-corrected chi connectivity index (χ1v) is 20.7. The second-order valence-corrected chi connectivity index (χ2v) is 16.4. The third-order valence-corrected chi connectivity index (χ3v) is 13.3. The van der Waals surface area contributed by atoms with Crippen LogP contribution in [0.15, 0.2) is 139 Å². The van der Waals surface area contributed by atoms with Gasteiger partial charge < -0.3 is 0 Å². The Morgan fingerprint density at radius 2 is 1.02 bits per heavy atom. The highest BCUT2D eigenvalue weighted by Crippen LogP contribution is 2.50. The Bertz CT molecular complexity index is 2790. The summed E-state index contributed by atoms with van der Waals surface area (Å²) >= 11 is 0. The van der Waals surface area contributed by atoms with Crippen LogP contribution in [0.5, 0.6) is 0 Å². The minimum atomic E-state index is 1.02. The van der Waals surface area contributed by atoms with Crippen molar-refractivity contribution in [3.63, 3.8) is 0 Å². The first-order valence-electron chi connectivity index (χ1n) is 20.7. The lowest BCUT2D eigenvalue weighted by atomic mass is 9.74. The van der Waals surface area contributed by atoms with Crippen LogP contribution >= 0.6 is 0 Å². The van der Waals surface area contributed by atoms with E-state index in [1.165, 1.54) is 116 Å². The summed E-state index contributed by atoms with van der Waals surface area (Å²) in [5, 5.41) is 5.46. The summed E-state index contributed by atoms with van der Waals surface area (Å²) in [7, 11) is 0. The molecule has 11 rings (SSSR count). The van der Waals surface area contributed by atoms with Gasteiger partial charge >= 0.3 is 0 Å². The molecule has 2 bridgehead atoms. The number of hydrogen-bond donors (Lipinski definition) is 0. The van der Waals surface area contributed by atoms with Gasteiger partial charge in [0.1, 0.15) is 0 Å².